The molecular weight excluding hydrogens is 217 g/mol. The number of hydrogen-bond donors (Lipinski definition) is 0. The third-order valence-electron chi connectivity index (χ3n) is 3.14. The quantitative estimate of drug-likeness (QED) is 0.708. The minimum Gasteiger partial charge on any atom is -0.295 e. The second-order valence-corrected chi connectivity index (χ2v) is 4.21. The Labute approximate surface area is 91.3 Å². The van der Waals surface area contributed by atoms with E-state index in [4.69, 9.17) is 0 Å². The zero-order chi connectivity index (χ0) is 12.0. The maximum absolute atomic E-state index is 12.8. The fraction of sp³-hybridized carbons (Fsp3) is 0.417. The first kappa shape index (κ1) is 11.2. The van der Waals surface area contributed by atoms with E-state index >= 15 is 0 Å². The smallest absolute Gasteiger partial charge is 0.295 e. The third-order valence-corrected chi connectivity index (χ3v) is 3.14. The van der Waals surface area contributed by atoms with E-state index in [1.54, 1.807) is 0 Å². The molecule has 4 heteroatoms. The topological polar surface area (TPSA) is 17.1 Å². The van der Waals surface area contributed by atoms with Gasteiger partial charge in [-0.3, -0.25) is 4.79 Å². The van der Waals surface area contributed by atoms with Crippen LogP contribution in [-0.2, 0) is 5.41 Å². The number of halogens is 3. The summed E-state index contributed by atoms with van der Waals surface area (Å²) in [5, 5.41) is 0. The van der Waals surface area contributed by atoms with Gasteiger partial charge in [-0.05, 0) is 25.3 Å². The van der Waals surface area contributed by atoms with Crippen molar-refractivity contribution in [3.63, 3.8) is 0 Å². The first-order chi connectivity index (χ1) is 7.37. The van der Waals surface area contributed by atoms with Crippen LogP contribution in [0.1, 0.15) is 35.7 Å². The minimum absolute atomic E-state index is 0.136. The van der Waals surface area contributed by atoms with E-state index in [-0.39, 0.29) is 24.2 Å². The van der Waals surface area contributed by atoms with Gasteiger partial charge < -0.3 is 0 Å². The molecule has 16 heavy (non-hydrogen) atoms. The van der Waals surface area contributed by atoms with Crippen molar-refractivity contribution >= 4 is 5.78 Å². The van der Waals surface area contributed by atoms with Crippen LogP contribution in [0, 0.1) is 0 Å². The van der Waals surface area contributed by atoms with Gasteiger partial charge in [-0.25, -0.2) is 0 Å². The highest BCUT2D eigenvalue weighted by Gasteiger charge is 2.64. The summed E-state index contributed by atoms with van der Waals surface area (Å²) in [4.78, 5) is 11.0. The molecule has 1 aromatic carbocycles. The summed E-state index contributed by atoms with van der Waals surface area (Å²) in [5.41, 5.74) is -0.936. The molecule has 1 aliphatic rings. The van der Waals surface area contributed by atoms with Crippen molar-refractivity contribution in [2.75, 3.05) is 0 Å². The first-order valence-corrected chi connectivity index (χ1v) is 5.05. The molecule has 0 N–H and O–H groups in total. The van der Waals surface area contributed by atoms with Crippen molar-refractivity contribution in [3.05, 3.63) is 35.4 Å². The van der Waals surface area contributed by atoms with E-state index in [1.807, 2.05) is 0 Å². The molecule has 0 aliphatic heterocycles. The molecule has 1 aromatic rings. The largest absolute Gasteiger partial charge is 0.398 e. The average molecular weight is 228 g/mol. The molecule has 0 bridgehead atoms. The van der Waals surface area contributed by atoms with Crippen LogP contribution in [0.25, 0.3) is 0 Å². The Morgan fingerprint density at radius 2 is 1.69 bits per heavy atom. The van der Waals surface area contributed by atoms with Crippen molar-refractivity contribution in [1.29, 1.82) is 0 Å². The molecule has 1 fully saturated rings. The predicted molar refractivity (Wildman–Crippen MR) is 53.4 cm³/mol. The van der Waals surface area contributed by atoms with Crippen LogP contribution in [0.3, 0.4) is 0 Å². The Balaban J connectivity index is 2.33. The van der Waals surface area contributed by atoms with E-state index in [9.17, 15) is 18.0 Å². The van der Waals surface area contributed by atoms with Crippen LogP contribution in [0.4, 0.5) is 13.2 Å². The summed E-state index contributed by atoms with van der Waals surface area (Å²) in [6.45, 7) is 1.39. The van der Waals surface area contributed by atoms with Crippen LogP contribution in [0.15, 0.2) is 24.3 Å². The standard InChI is InChI=1S/C12H11F3O/c1-8(16)9-2-4-10(5-3-9)11(6-7-11)12(13,14)15/h2-5H,6-7H2,1H3. The summed E-state index contributed by atoms with van der Waals surface area (Å²) in [7, 11) is 0. The predicted octanol–water partition coefficient (Wildman–Crippen LogP) is 3.48. The summed E-state index contributed by atoms with van der Waals surface area (Å²) in [6.07, 6.45) is -3.89. The molecule has 0 unspecified atom stereocenters. The Morgan fingerprint density at radius 1 is 1.19 bits per heavy atom. The lowest BCUT2D eigenvalue weighted by molar-refractivity contribution is -0.160. The van der Waals surface area contributed by atoms with Gasteiger partial charge in [0.25, 0.3) is 0 Å². The Bertz CT molecular complexity index is 413. The second kappa shape index (κ2) is 3.34. The lowest BCUT2D eigenvalue weighted by Gasteiger charge is -2.19. The van der Waals surface area contributed by atoms with Crippen molar-refractivity contribution in [3.8, 4) is 0 Å². The summed E-state index contributed by atoms with van der Waals surface area (Å²) in [5.74, 6) is -0.136. The van der Waals surface area contributed by atoms with Gasteiger partial charge in [0.2, 0.25) is 0 Å². The number of rotatable bonds is 2. The highest BCUT2D eigenvalue weighted by atomic mass is 19.4. The van der Waals surface area contributed by atoms with Gasteiger partial charge in [0.05, 0.1) is 5.41 Å². The van der Waals surface area contributed by atoms with Gasteiger partial charge in [0, 0.05) is 5.56 Å². The van der Waals surface area contributed by atoms with Crippen LogP contribution in [0.5, 0.6) is 0 Å². The van der Waals surface area contributed by atoms with Gasteiger partial charge in [0.15, 0.2) is 5.78 Å². The normalized spacial score (nSPS) is 18.2. The molecule has 0 aromatic heterocycles. The molecule has 0 heterocycles. The zero-order valence-corrected chi connectivity index (χ0v) is 8.77. The van der Waals surface area contributed by atoms with Gasteiger partial charge in [-0.2, -0.15) is 13.2 Å². The van der Waals surface area contributed by atoms with Crippen LogP contribution >= 0.6 is 0 Å². The number of benzene rings is 1. The molecule has 0 amide bonds. The van der Waals surface area contributed by atoms with E-state index in [0.717, 1.165) is 0 Å². The van der Waals surface area contributed by atoms with Gasteiger partial charge in [-0.1, -0.05) is 24.3 Å². The maximum atomic E-state index is 12.8. The molecular formula is C12H11F3O. The molecule has 0 atom stereocenters. The maximum Gasteiger partial charge on any atom is 0.398 e. The Morgan fingerprint density at radius 3 is 2.00 bits per heavy atom. The number of carbonyl (C=O) groups excluding carboxylic acids is 1. The first-order valence-electron chi connectivity index (χ1n) is 5.05. The van der Waals surface area contributed by atoms with E-state index in [2.05, 4.69) is 0 Å². The molecule has 2 rings (SSSR count). The highest BCUT2D eigenvalue weighted by Crippen LogP contribution is 2.58. The third kappa shape index (κ3) is 1.62. The zero-order valence-electron chi connectivity index (χ0n) is 8.77. The molecule has 1 saturated carbocycles. The number of alkyl halides is 3. The lowest BCUT2D eigenvalue weighted by atomic mass is 9.94. The Kier molecular flexibility index (Phi) is 2.33. The lowest BCUT2D eigenvalue weighted by Crippen LogP contribution is -2.28. The average Bonchev–Trinajstić information content (AvgIpc) is 2.97. The minimum atomic E-state index is -4.19. The SMILES string of the molecule is CC(=O)c1ccc(C2(C(F)(F)F)CC2)cc1. The van der Waals surface area contributed by atoms with Gasteiger partial charge in [-0.15, -0.1) is 0 Å². The molecule has 86 valence electrons. The van der Waals surface area contributed by atoms with Crippen molar-refractivity contribution in [2.24, 2.45) is 0 Å². The van der Waals surface area contributed by atoms with Crippen molar-refractivity contribution < 1.29 is 18.0 Å². The van der Waals surface area contributed by atoms with Crippen LogP contribution in [0.2, 0.25) is 0 Å². The molecule has 1 nitrogen and oxygen atoms in total. The molecule has 0 spiro atoms. The number of hydrogen-bond acceptors (Lipinski definition) is 1. The monoisotopic (exact) mass is 228 g/mol. The molecule has 0 radical (unpaired) electrons. The number of ketones is 1. The van der Waals surface area contributed by atoms with E-state index < -0.39 is 11.6 Å². The number of Topliss-reactive ketones (excluding diaryl/α,β-unsaturated/α-hetero) is 1. The fourth-order valence-corrected chi connectivity index (χ4v) is 1.88. The van der Waals surface area contributed by atoms with Gasteiger partial charge >= 0.3 is 6.18 Å². The summed E-state index contributed by atoms with van der Waals surface area (Å²) < 4.78 is 38.3. The summed E-state index contributed by atoms with van der Waals surface area (Å²) in [6, 6.07) is 5.75. The second-order valence-electron chi connectivity index (χ2n) is 4.21. The van der Waals surface area contributed by atoms with E-state index in [1.165, 1.54) is 31.2 Å². The Hall–Kier alpha value is -1.32. The van der Waals surface area contributed by atoms with Crippen LogP contribution < -0.4 is 0 Å². The molecule has 1 aliphatic carbocycles. The van der Waals surface area contributed by atoms with Crippen LogP contribution in [-0.4, -0.2) is 12.0 Å². The summed E-state index contributed by atoms with van der Waals surface area (Å²) >= 11 is 0. The molecule has 0 saturated heterocycles. The van der Waals surface area contributed by atoms with E-state index in [0.29, 0.717) is 5.56 Å². The fourth-order valence-electron chi connectivity index (χ4n) is 1.88. The van der Waals surface area contributed by atoms with Crippen molar-refractivity contribution in [1.82, 2.24) is 0 Å². The highest BCUT2D eigenvalue weighted by molar-refractivity contribution is 5.94. The van der Waals surface area contributed by atoms with Gasteiger partial charge in [0.1, 0.15) is 0 Å². The number of carbonyl (C=O) groups is 1. The van der Waals surface area contributed by atoms with Crippen molar-refractivity contribution in [2.45, 2.75) is 31.4 Å².